The van der Waals surface area contributed by atoms with Crippen LogP contribution in [0.2, 0.25) is 0 Å². The molecule has 2 saturated carbocycles. The molecule has 0 unspecified atom stereocenters. The summed E-state index contributed by atoms with van der Waals surface area (Å²) in [6.07, 6.45) is 8.05. The zero-order valence-corrected chi connectivity index (χ0v) is 16.6. The zero-order chi connectivity index (χ0) is 19.9. The maximum absolute atomic E-state index is 11.9. The van der Waals surface area contributed by atoms with E-state index >= 15 is 0 Å². The number of aromatic hydroxyl groups is 1. The minimum atomic E-state index is -0.596. The molecule has 0 radical (unpaired) electrons. The number of hydrogen-bond donors (Lipinski definition) is 3. The van der Waals surface area contributed by atoms with Crippen LogP contribution in [0.5, 0.6) is 5.75 Å². The monoisotopic (exact) mass is 384 g/mol. The first-order valence-corrected chi connectivity index (χ1v) is 10.6. The molecule has 1 aromatic rings. The Bertz CT molecular complexity index is 786. The molecule has 0 aromatic heterocycles. The van der Waals surface area contributed by atoms with Gasteiger partial charge in [0, 0.05) is 23.6 Å². The first-order chi connectivity index (χ1) is 13.4. The summed E-state index contributed by atoms with van der Waals surface area (Å²) in [5, 5.41) is 21.2. The van der Waals surface area contributed by atoms with E-state index < -0.39 is 5.91 Å². The number of benzene rings is 1. The lowest BCUT2D eigenvalue weighted by Gasteiger charge is -2.45. The smallest absolute Gasteiger partial charge is 0.252 e. The molecule has 2 aliphatic carbocycles. The van der Waals surface area contributed by atoms with Gasteiger partial charge in [-0.05, 0) is 75.5 Å². The summed E-state index contributed by atoms with van der Waals surface area (Å²) in [5.41, 5.74) is 8.67. The molecule has 3 aliphatic rings. The molecule has 2 atom stereocenters. The fraction of sp³-hybridized carbons (Fsp3) is 0.609. The number of phenols is 1. The number of primary amides is 1. The SMILES string of the molecule is C=C1CCC[C@]2(CCN(CC3CC3)[C@@H](CO)Cc3ccc(C(N)=O)c(O)c32)C1. The lowest BCUT2D eigenvalue weighted by Crippen LogP contribution is -2.47. The Morgan fingerprint density at radius 3 is 2.75 bits per heavy atom. The van der Waals surface area contributed by atoms with Crippen LogP contribution in [0.4, 0.5) is 0 Å². The van der Waals surface area contributed by atoms with Crippen molar-refractivity contribution in [2.75, 3.05) is 19.7 Å². The van der Waals surface area contributed by atoms with Crippen molar-refractivity contribution in [3.8, 4) is 5.75 Å². The Morgan fingerprint density at radius 1 is 1.32 bits per heavy atom. The first-order valence-electron chi connectivity index (χ1n) is 10.6. The number of carbonyl (C=O) groups excluding carboxylic acids is 1. The second-order valence-corrected chi connectivity index (χ2v) is 9.15. The highest BCUT2D eigenvalue weighted by molar-refractivity contribution is 5.96. The number of hydrogen-bond acceptors (Lipinski definition) is 4. The molecule has 5 nitrogen and oxygen atoms in total. The van der Waals surface area contributed by atoms with Crippen LogP contribution < -0.4 is 5.73 Å². The number of aliphatic hydroxyl groups is 1. The van der Waals surface area contributed by atoms with Gasteiger partial charge in [-0.1, -0.05) is 18.2 Å². The molecule has 1 heterocycles. The van der Waals surface area contributed by atoms with Gasteiger partial charge >= 0.3 is 0 Å². The lowest BCUT2D eigenvalue weighted by molar-refractivity contribution is 0.0973. The van der Waals surface area contributed by atoms with Crippen molar-refractivity contribution in [1.29, 1.82) is 0 Å². The van der Waals surface area contributed by atoms with Gasteiger partial charge in [0.1, 0.15) is 5.75 Å². The van der Waals surface area contributed by atoms with Crippen LogP contribution in [0, 0.1) is 5.92 Å². The van der Waals surface area contributed by atoms with Gasteiger partial charge in [0.05, 0.1) is 12.2 Å². The quantitative estimate of drug-likeness (QED) is 0.697. The van der Waals surface area contributed by atoms with Crippen LogP contribution >= 0.6 is 0 Å². The summed E-state index contributed by atoms with van der Waals surface area (Å²) in [4.78, 5) is 14.4. The number of nitrogens with two attached hydrogens (primary N) is 1. The average Bonchev–Trinajstić information content (AvgIpc) is 3.46. The Morgan fingerprint density at radius 2 is 2.11 bits per heavy atom. The minimum Gasteiger partial charge on any atom is -0.507 e. The summed E-state index contributed by atoms with van der Waals surface area (Å²) in [6.45, 7) is 6.30. The molecule has 1 amide bonds. The number of amides is 1. The van der Waals surface area contributed by atoms with Crippen LogP contribution in [0.1, 0.15) is 66.4 Å². The van der Waals surface area contributed by atoms with E-state index in [1.54, 1.807) is 6.07 Å². The van der Waals surface area contributed by atoms with Crippen molar-refractivity contribution >= 4 is 5.91 Å². The van der Waals surface area contributed by atoms with E-state index in [9.17, 15) is 15.0 Å². The van der Waals surface area contributed by atoms with Crippen LogP contribution in [0.25, 0.3) is 0 Å². The van der Waals surface area contributed by atoms with Gasteiger partial charge in [0.25, 0.3) is 5.91 Å². The molecular weight excluding hydrogens is 352 g/mol. The third-order valence-electron chi connectivity index (χ3n) is 7.08. The van der Waals surface area contributed by atoms with Crippen molar-refractivity contribution in [2.24, 2.45) is 11.7 Å². The van der Waals surface area contributed by atoms with Gasteiger partial charge in [-0.25, -0.2) is 0 Å². The van der Waals surface area contributed by atoms with E-state index in [0.29, 0.717) is 6.42 Å². The van der Waals surface area contributed by atoms with E-state index in [1.807, 2.05) is 6.07 Å². The first kappa shape index (κ1) is 19.5. The number of allylic oxidation sites excluding steroid dienone is 1. The van der Waals surface area contributed by atoms with Gasteiger partial charge in [-0.3, -0.25) is 9.69 Å². The minimum absolute atomic E-state index is 0.0438. The zero-order valence-electron chi connectivity index (χ0n) is 16.6. The Labute approximate surface area is 167 Å². The molecule has 0 saturated heterocycles. The Hall–Kier alpha value is -1.85. The van der Waals surface area contributed by atoms with Crippen LogP contribution in [0.3, 0.4) is 0 Å². The summed E-state index contributed by atoms with van der Waals surface area (Å²) in [5.74, 6) is 0.212. The molecular formula is C23H32N2O3. The highest BCUT2D eigenvalue weighted by atomic mass is 16.3. The highest BCUT2D eigenvalue weighted by Gasteiger charge is 2.42. The highest BCUT2D eigenvalue weighted by Crippen LogP contribution is 2.50. The van der Waals surface area contributed by atoms with Crippen molar-refractivity contribution in [3.05, 3.63) is 41.0 Å². The summed E-state index contributed by atoms with van der Waals surface area (Å²) >= 11 is 0. The molecule has 28 heavy (non-hydrogen) atoms. The van der Waals surface area contributed by atoms with Crippen molar-refractivity contribution in [2.45, 2.75) is 62.8 Å². The average molecular weight is 385 g/mol. The summed E-state index contributed by atoms with van der Waals surface area (Å²) < 4.78 is 0. The summed E-state index contributed by atoms with van der Waals surface area (Å²) in [7, 11) is 0. The second kappa shape index (κ2) is 7.53. The van der Waals surface area contributed by atoms with Gasteiger partial charge in [0.15, 0.2) is 0 Å². The van der Waals surface area contributed by atoms with Gasteiger partial charge in [-0.15, -0.1) is 0 Å². The van der Waals surface area contributed by atoms with Crippen LogP contribution in [-0.4, -0.2) is 46.8 Å². The molecule has 1 aromatic carbocycles. The van der Waals surface area contributed by atoms with Crippen LogP contribution in [-0.2, 0) is 11.8 Å². The Kier molecular flexibility index (Phi) is 5.23. The van der Waals surface area contributed by atoms with E-state index in [2.05, 4.69) is 11.5 Å². The molecule has 4 N–H and O–H groups in total. The fourth-order valence-electron chi connectivity index (χ4n) is 5.45. The van der Waals surface area contributed by atoms with E-state index in [1.165, 1.54) is 18.4 Å². The standard InChI is InChI=1S/C23H32N2O3/c1-15-3-2-8-23(12-15)9-10-25(13-16-4-5-16)18(14-26)11-17-6-7-19(22(24)28)21(27)20(17)23/h6-7,16,18,26-27H,1-5,8-14H2,(H2,24,28)/t18-,23+/m1/s1. The van der Waals surface area contributed by atoms with E-state index in [4.69, 9.17) is 5.73 Å². The second-order valence-electron chi connectivity index (χ2n) is 9.15. The fourth-order valence-corrected chi connectivity index (χ4v) is 5.45. The number of carbonyl (C=O) groups is 1. The van der Waals surface area contributed by atoms with E-state index in [0.717, 1.165) is 62.2 Å². The predicted molar refractivity (Wildman–Crippen MR) is 109 cm³/mol. The number of nitrogens with zero attached hydrogens (tertiary/aromatic N) is 1. The van der Waals surface area contributed by atoms with Gasteiger partial charge in [-0.2, -0.15) is 0 Å². The molecule has 4 rings (SSSR count). The third-order valence-corrected chi connectivity index (χ3v) is 7.08. The Balaban J connectivity index is 1.81. The maximum Gasteiger partial charge on any atom is 0.252 e. The molecule has 2 fully saturated rings. The van der Waals surface area contributed by atoms with Crippen molar-refractivity contribution in [3.63, 3.8) is 0 Å². The van der Waals surface area contributed by atoms with E-state index in [-0.39, 0.29) is 29.4 Å². The topological polar surface area (TPSA) is 86.8 Å². The third kappa shape index (κ3) is 3.58. The largest absolute Gasteiger partial charge is 0.507 e. The number of aliphatic hydroxyl groups excluding tert-OH is 1. The number of fused-ring (bicyclic) bond motifs is 2. The molecule has 1 aliphatic heterocycles. The predicted octanol–water partition coefficient (Wildman–Crippen LogP) is 2.88. The van der Waals surface area contributed by atoms with Crippen molar-refractivity contribution < 1.29 is 15.0 Å². The molecule has 1 spiro atoms. The molecule has 5 heteroatoms. The normalized spacial score (nSPS) is 28.6. The molecule has 152 valence electrons. The lowest BCUT2D eigenvalue weighted by atomic mass is 9.63. The maximum atomic E-state index is 11.9. The van der Waals surface area contributed by atoms with Gasteiger partial charge < -0.3 is 15.9 Å². The molecule has 0 bridgehead atoms. The number of rotatable bonds is 4. The van der Waals surface area contributed by atoms with Crippen molar-refractivity contribution in [1.82, 2.24) is 4.90 Å². The van der Waals surface area contributed by atoms with Gasteiger partial charge in [0.2, 0.25) is 0 Å². The summed E-state index contributed by atoms with van der Waals surface area (Å²) in [6, 6.07) is 3.63. The van der Waals surface area contributed by atoms with Crippen LogP contribution in [0.15, 0.2) is 24.3 Å².